The highest BCUT2D eigenvalue weighted by atomic mass is 15.1. The Morgan fingerprint density at radius 1 is 1.17 bits per heavy atom. The molecule has 2 heteroatoms. The number of hydrogen-bond acceptors (Lipinski definition) is 2. The summed E-state index contributed by atoms with van der Waals surface area (Å²) in [5.74, 6) is 0.839. The average Bonchev–Trinajstić information content (AvgIpc) is 2.39. The Labute approximate surface area is 112 Å². The van der Waals surface area contributed by atoms with Crippen molar-refractivity contribution in [1.82, 2.24) is 4.90 Å². The first-order chi connectivity index (χ1) is 8.69. The number of nitrogens with two attached hydrogens (primary N) is 1. The molecule has 0 heterocycles. The molecule has 0 radical (unpaired) electrons. The van der Waals surface area contributed by atoms with Crippen LogP contribution < -0.4 is 5.73 Å². The summed E-state index contributed by atoms with van der Waals surface area (Å²) in [6.45, 7) is 10.3. The van der Waals surface area contributed by atoms with Crippen molar-refractivity contribution in [2.75, 3.05) is 25.4 Å². The molecule has 0 spiro atoms. The van der Waals surface area contributed by atoms with Gasteiger partial charge in [0.25, 0.3) is 0 Å². The summed E-state index contributed by atoms with van der Waals surface area (Å²) in [5.41, 5.74) is 8.02. The normalized spacial score (nSPS) is 11.4. The molecule has 0 aliphatic heterocycles. The molecule has 18 heavy (non-hydrogen) atoms. The molecule has 2 nitrogen and oxygen atoms in total. The van der Waals surface area contributed by atoms with Crippen molar-refractivity contribution in [3.8, 4) is 0 Å². The number of nitrogen functional groups attached to an aromatic ring is 1. The Morgan fingerprint density at radius 3 is 2.44 bits per heavy atom. The zero-order valence-electron chi connectivity index (χ0n) is 12.2. The summed E-state index contributed by atoms with van der Waals surface area (Å²) in [4.78, 5) is 2.56. The van der Waals surface area contributed by atoms with Gasteiger partial charge in [-0.15, -0.1) is 0 Å². The maximum atomic E-state index is 5.81. The number of nitrogens with zero attached hydrogens (tertiary/aromatic N) is 1. The maximum Gasteiger partial charge on any atom is 0.0316 e. The molecule has 1 aromatic rings. The van der Waals surface area contributed by atoms with Crippen LogP contribution in [-0.4, -0.2) is 24.5 Å². The average molecular weight is 248 g/mol. The smallest absolute Gasteiger partial charge is 0.0316 e. The number of hydrogen-bond donors (Lipinski definition) is 1. The summed E-state index contributed by atoms with van der Waals surface area (Å²) >= 11 is 0. The maximum absolute atomic E-state index is 5.81. The van der Waals surface area contributed by atoms with Gasteiger partial charge in [0.15, 0.2) is 0 Å². The van der Waals surface area contributed by atoms with E-state index in [4.69, 9.17) is 5.73 Å². The Bertz CT molecular complexity index is 332. The largest absolute Gasteiger partial charge is 0.399 e. The minimum atomic E-state index is 0.839. The highest BCUT2D eigenvalue weighted by Gasteiger charge is 2.09. The molecule has 0 bridgehead atoms. The molecule has 0 aromatic heterocycles. The van der Waals surface area contributed by atoms with E-state index in [2.05, 4.69) is 37.8 Å². The monoisotopic (exact) mass is 248 g/mol. The minimum Gasteiger partial charge on any atom is -0.399 e. The van der Waals surface area contributed by atoms with Gasteiger partial charge in [-0.3, -0.25) is 0 Å². The third-order valence-electron chi connectivity index (χ3n) is 3.79. The second-order valence-electron chi connectivity index (χ2n) is 5.07. The van der Waals surface area contributed by atoms with Crippen LogP contribution >= 0.6 is 0 Å². The lowest BCUT2D eigenvalue weighted by molar-refractivity contribution is 0.236. The molecule has 0 unspecified atom stereocenters. The Hall–Kier alpha value is -1.02. The summed E-state index contributed by atoms with van der Waals surface area (Å²) < 4.78 is 0. The van der Waals surface area contributed by atoms with E-state index in [0.29, 0.717) is 0 Å². The van der Waals surface area contributed by atoms with Gasteiger partial charge in [0.1, 0.15) is 0 Å². The van der Waals surface area contributed by atoms with Crippen LogP contribution in [0.3, 0.4) is 0 Å². The third kappa shape index (κ3) is 5.09. The first kappa shape index (κ1) is 15.0. The van der Waals surface area contributed by atoms with Crippen molar-refractivity contribution in [3.63, 3.8) is 0 Å². The van der Waals surface area contributed by atoms with Crippen LogP contribution in [0.25, 0.3) is 0 Å². The molecule has 0 fully saturated rings. The van der Waals surface area contributed by atoms with Gasteiger partial charge >= 0.3 is 0 Å². The Morgan fingerprint density at radius 2 is 1.89 bits per heavy atom. The molecule has 0 saturated heterocycles. The Balaban J connectivity index is 2.44. The summed E-state index contributed by atoms with van der Waals surface area (Å²) in [6.07, 6.45) is 3.66. The van der Waals surface area contributed by atoms with Crippen LogP contribution in [0.5, 0.6) is 0 Å². The van der Waals surface area contributed by atoms with Crippen LogP contribution in [0.4, 0.5) is 5.69 Å². The van der Waals surface area contributed by atoms with Gasteiger partial charge in [0, 0.05) is 18.8 Å². The summed E-state index contributed by atoms with van der Waals surface area (Å²) in [7, 11) is 0. The molecule has 0 atom stereocenters. The van der Waals surface area contributed by atoms with E-state index in [9.17, 15) is 0 Å². The highest BCUT2D eigenvalue weighted by Crippen LogP contribution is 2.12. The predicted molar refractivity (Wildman–Crippen MR) is 80.7 cm³/mol. The van der Waals surface area contributed by atoms with Gasteiger partial charge in [0.2, 0.25) is 0 Å². The lowest BCUT2D eigenvalue weighted by Gasteiger charge is -2.25. The third-order valence-corrected chi connectivity index (χ3v) is 3.79. The van der Waals surface area contributed by atoms with E-state index in [1.54, 1.807) is 0 Å². The first-order valence-corrected chi connectivity index (χ1v) is 7.26. The molecule has 1 aromatic carbocycles. The van der Waals surface area contributed by atoms with E-state index in [1.165, 1.54) is 24.9 Å². The van der Waals surface area contributed by atoms with Crippen LogP contribution in [0.1, 0.15) is 39.2 Å². The fourth-order valence-corrected chi connectivity index (χ4v) is 2.33. The van der Waals surface area contributed by atoms with Crippen molar-refractivity contribution in [1.29, 1.82) is 0 Å². The Kier molecular flexibility index (Phi) is 6.81. The van der Waals surface area contributed by atoms with Gasteiger partial charge in [-0.25, -0.2) is 0 Å². The van der Waals surface area contributed by atoms with Crippen molar-refractivity contribution in [2.45, 2.75) is 40.0 Å². The number of benzene rings is 1. The summed E-state index contributed by atoms with van der Waals surface area (Å²) in [6, 6.07) is 8.25. The van der Waals surface area contributed by atoms with E-state index < -0.39 is 0 Å². The highest BCUT2D eigenvalue weighted by molar-refractivity contribution is 5.40. The molecule has 0 amide bonds. The zero-order valence-corrected chi connectivity index (χ0v) is 12.2. The second-order valence-corrected chi connectivity index (χ2v) is 5.07. The van der Waals surface area contributed by atoms with Crippen LogP contribution in [0.2, 0.25) is 0 Å². The van der Waals surface area contributed by atoms with Crippen LogP contribution in [0, 0.1) is 5.92 Å². The van der Waals surface area contributed by atoms with Crippen LogP contribution in [0.15, 0.2) is 24.3 Å². The predicted octanol–water partition coefficient (Wildman–Crippen LogP) is 3.57. The van der Waals surface area contributed by atoms with Crippen LogP contribution in [-0.2, 0) is 6.42 Å². The minimum absolute atomic E-state index is 0.839. The molecule has 0 saturated carbocycles. The summed E-state index contributed by atoms with van der Waals surface area (Å²) in [5, 5.41) is 0. The second kappa shape index (κ2) is 8.15. The van der Waals surface area contributed by atoms with E-state index >= 15 is 0 Å². The molecule has 0 aliphatic carbocycles. The van der Waals surface area contributed by atoms with Crippen molar-refractivity contribution >= 4 is 5.69 Å². The van der Waals surface area contributed by atoms with Crippen molar-refractivity contribution in [2.24, 2.45) is 5.92 Å². The SMILES string of the molecule is CCC(CC)CN(CC)CCc1cccc(N)c1. The van der Waals surface area contributed by atoms with Gasteiger partial charge in [-0.2, -0.15) is 0 Å². The quantitative estimate of drug-likeness (QED) is 0.713. The standard InChI is InChI=1S/C16H28N2/c1-4-14(5-2)13-18(6-3)11-10-15-8-7-9-16(17)12-15/h7-9,12,14H,4-6,10-11,13,17H2,1-3H3. The fourth-order valence-electron chi connectivity index (χ4n) is 2.33. The zero-order chi connectivity index (χ0) is 13.4. The van der Waals surface area contributed by atoms with E-state index in [0.717, 1.165) is 31.1 Å². The fraction of sp³-hybridized carbons (Fsp3) is 0.625. The van der Waals surface area contributed by atoms with Crippen molar-refractivity contribution in [3.05, 3.63) is 29.8 Å². The number of likely N-dealkylation sites (N-methyl/N-ethyl adjacent to an activating group) is 1. The first-order valence-electron chi connectivity index (χ1n) is 7.26. The number of rotatable bonds is 8. The topological polar surface area (TPSA) is 29.3 Å². The molecule has 102 valence electrons. The molecule has 0 aliphatic rings. The van der Waals surface area contributed by atoms with Gasteiger partial charge in [-0.05, 0) is 36.6 Å². The lowest BCUT2D eigenvalue weighted by Crippen LogP contribution is -2.31. The van der Waals surface area contributed by atoms with Gasteiger partial charge in [-0.1, -0.05) is 45.7 Å². The van der Waals surface area contributed by atoms with Gasteiger partial charge in [0.05, 0.1) is 0 Å². The van der Waals surface area contributed by atoms with E-state index in [-0.39, 0.29) is 0 Å². The van der Waals surface area contributed by atoms with Gasteiger partial charge < -0.3 is 10.6 Å². The number of anilines is 1. The lowest BCUT2D eigenvalue weighted by atomic mass is 10.0. The molecular formula is C16H28N2. The van der Waals surface area contributed by atoms with Crippen molar-refractivity contribution < 1.29 is 0 Å². The molecule has 1 rings (SSSR count). The van der Waals surface area contributed by atoms with E-state index in [1.807, 2.05) is 12.1 Å². The molecule has 2 N–H and O–H groups in total. The molecular weight excluding hydrogens is 220 g/mol.